The number of aromatic nitrogens is 3. The summed E-state index contributed by atoms with van der Waals surface area (Å²) in [7, 11) is 0. The van der Waals surface area contributed by atoms with Crippen molar-refractivity contribution in [3.8, 4) is 0 Å². The molecule has 2 fully saturated rings. The minimum Gasteiger partial charge on any atom is -0.444 e. The fourth-order valence-electron chi connectivity index (χ4n) is 2.53. The predicted octanol–water partition coefficient (Wildman–Crippen LogP) is 1.73. The van der Waals surface area contributed by atoms with Crippen molar-refractivity contribution in [1.82, 2.24) is 25.0 Å². The van der Waals surface area contributed by atoms with E-state index in [2.05, 4.69) is 20.1 Å². The van der Waals surface area contributed by atoms with Gasteiger partial charge >= 0.3 is 6.09 Å². The molecular weight excluding hydrogens is 282 g/mol. The highest BCUT2D eigenvalue weighted by Crippen LogP contribution is 2.37. The van der Waals surface area contributed by atoms with E-state index in [1.54, 1.807) is 4.90 Å². The van der Waals surface area contributed by atoms with E-state index in [9.17, 15) is 4.79 Å². The summed E-state index contributed by atoms with van der Waals surface area (Å²) in [5, 5.41) is 7.31. The number of ether oxygens (including phenoxy) is 1. The molecule has 1 aliphatic heterocycles. The van der Waals surface area contributed by atoms with Crippen LogP contribution in [0, 0.1) is 0 Å². The van der Waals surface area contributed by atoms with Gasteiger partial charge in [0.1, 0.15) is 11.4 Å². The standard InChI is InChI=1S/C15H25N5O2/c1-15(2,3)22-14(21)20-8-6-19(7-9-20)10-12-16-13(18-17-12)11-4-5-11/h11H,4-10H2,1-3H3,(H,16,17,18). The first-order valence-electron chi connectivity index (χ1n) is 8.02. The Hall–Kier alpha value is -1.63. The van der Waals surface area contributed by atoms with Gasteiger partial charge in [-0.05, 0) is 33.6 Å². The molecule has 2 aliphatic rings. The molecule has 22 heavy (non-hydrogen) atoms. The minimum absolute atomic E-state index is 0.220. The zero-order valence-electron chi connectivity index (χ0n) is 13.6. The van der Waals surface area contributed by atoms with E-state index in [1.807, 2.05) is 20.8 Å². The molecule has 1 amide bonds. The normalized spacial score (nSPS) is 20.2. The molecule has 2 heterocycles. The molecule has 1 aromatic rings. The van der Waals surface area contributed by atoms with Crippen LogP contribution in [-0.4, -0.2) is 62.9 Å². The van der Waals surface area contributed by atoms with Crippen molar-refractivity contribution in [2.24, 2.45) is 0 Å². The first kappa shape index (κ1) is 15.3. The van der Waals surface area contributed by atoms with Crippen LogP contribution in [0.3, 0.4) is 0 Å². The molecule has 7 heteroatoms. The number of carbonyl (C=O) groups excluding carboxylic acids is 1. The number of rotatable bonds is 3. The third-order valence-electron chi connectivity index (χ3n) is 3.89. The molecule has 1 aliphatic carbocycles. The lowest BCUT2D eigenvalue weighted by Gasteiger charge is -2.35. The number of amides is 1. The molecule has 0 spiro atoms. The molecule has 0 aromatic carbocycles. The molecule has 0 atom stereocenters. The monoisotopic (exact) mass is 307 g/mol. The van der Waals surface area contributed by atoms with E-state index in [4.69, 9.17) is 4.74 Å². The average molecular weight is 307 g/mol. The fraction of sp³-hybridized carbons (Fsp3) is 0.800. The predicted molar refractivity (Wildman–Crippen MR) is 81.4 cm³/mol. The summed E-state index contributed by atoms with van der Waals surface area (Å²) in [6.45, 7) is 9.49. The Balaban J connectivity index is 1.45. The van der Waals surface area contributed by atoms with E-state index in [0.29, 0.717) is 19.0 Å². The molecule has 0 unspecified atom stereocenters. The summed E-state index contributed by atoms with van der Waals surface area (Å²) in [5.74, 6) is 2.46. The maximum absolute atomic E-state index is 12.0. The topological polar surface area (TPSA) is 74.3 Å². The summed E-state index contributed by atoms with van der Waals surface area (Å²) >= 11 is 0. The van der Waals surface area contributed by atoms with Gasteiger partial charge in [-0.1, -0.05) is 0 Å². The Morgan fingerprint density at radius 3 is 2.55 bits per heavy atom. The smallest absolute Gasteiger partial charge is 0.410 e. The van der Waals surface area contributed by atoms with Crippen LogP contribution in [0.15, 0.2) is 0 Å². The van der Waals surface area contributed by atoms with Gasteiger partial charge in [-0.15, -0.1) is 0 Å². The number of piperazine rings is 1. The van der Waals surface area contributed by atoms with Crippen molar-refractivity contribution in [3.05, 3.63) is 11.6 Å². The third kappa shape index (κ3) is 3.97. The highest BCUT2D eigenvalue weighted by molar-refractivity contribution is 5.68. The van der Waals surface area contributed by atoms with Gasteiger partial charge in [0.15, 0.2) is 5.82 Å². The van der Waals surface area contributed by atoms with Crippen molar-refractivity contribution in [2.75, 3.05) is 26.2 Å². The van der Waals surface area contributed by atoms with E-state index in [-0.39, 0.29) is 6.09 Å². The largest absolute Gasteiger partial charge is 0.444 e. The van der Waals surface area contributed by atoms with Crippen LogP contribution in [0.4, 0.5) is 4.79 Å². The number of aromatic amines is 1. The highest BCUT2D eigenvalue weighted by Gasteiger charge is 2.29. The van der Waals surface area contributed by atoms with Crippen molar-refractivity contribution in [3.63, 3.8) is 0 Å². The summed E-state index contributed by atoms with van der Waals surface area (Å²) in [6.07, 6.45) is 2.21. The van der Waals surface area contributed by atoms with Gasteiger partial charge in [-0.25, -0.2) is 9.78 Å². The first-order chi connectivity index (χ1) is 10.4. The third-order valence-corrected chi connectivity index (χ3v) is 3.89. The van der Waals surface area contributed by atoms with Crippen molar-refractivity contribution < 1.29 is 9.53 Å². The van der Waals surface area contributed by atoms with Gasteiger partial charge in [0.05, 0.1) is 6.54 Å². The fourth-order valence-corrected chi connectivity index (χ4v) is 2.53. The quantitative estimate of drug-likeness (QED) is 0.920. The second kappa shape index (κ2) is 5.87. The maximum Gasteiger partial charge on any atom is 0.410 e. The molecule has 0 bridgehead atoms. The molecule has 1 saturated heterocycles. The van der Waals surface area contributed by atoms with Crippen LogP contribution in [0.1, 0.15) is 51.2 Å². The molecule has 1 aromatic heterocycles. The lowest BCUT2D eigenvalue weighted by atomic mass is 10.2. The van der Waals surface area contributed by atoms with Gasteiger partial charge in [0.2, 0.25) is 0 Å². The summed E-state index contributed by atoms with van der Waals surface area (Å²) in [6, 6.07) is 0. The van der Waals surface area contributed by atoms with Gasteiger partial charge in [-0.3, -0.25) is 10.00 Å². The molecule has 3 rings (SSSR count). The number of carbonyl (C=O) groups is 1. The lowest BCUT2D eigenvalue weighted by Crippen LogP contribution is -2.49. The number of hydrogen-bond acceptors (Lipinski definition) is 5. The lowest BCUT2D eigenvalue weighted by molar-refractivity contribution is 0.0137. The van der Waals surface area contributed by atoms with Gasteiger partial charge < -0.3 is 9.64 Å². The van der Waals surface area contributed by atoms with Crippen LogP contribution >= 0.6 is 0 Å². The van der Waals surface area contributed by atoms with Crippen molar-refractivity contribution in [1.29, 1.82) is 0 Å². The molecule has 0 radical (unpaired) electrons. The molecule has 1 N–H and O–H groups in total. The molecule has 1 saturated carbocycles. The Morgan fingerprint density at radius 1 is 1.27 bits per heavy atom. The van der Waals surface area contributed by atoms with Crippen LogP contribution in [0.25, 0.3) is 0 Å². The number of hydrogen-bond donors (Lipinski definition) is 1. The molecule has 7 nitrogen and oxygen atoms in total. The van der Waals surface area contributed by atoms with Crippen LogP contribution in [0.5, 0.6) is 0 Å². The second-order valence-corrected chi connectivity index (χ2v) is 7.16. The Labute approximate surface area is 131 Å². The van der Waals surface area contributed by atoms with Gasteiger partial charge in [0.25, 0.3) is 0 Å². The number of H-pyrrole nitrogens is 1. The molecular formula is C15H25N5O2. The average Bonchev–Trinajstić information content (AvgIpc) is 3.19. The molecule has 122 valence electrons. The van der Waals surface area contributed by atoms with E-state index < -0.39 is 5.60 Å². The zero-order valence-corrected chi connectivity index (χ0v) is 13.6. The SMILES string of the molecule is CC(C)(C)OC(=O)N1CCN(Cc2nc(C3CC3)n[nH]2)CC1. The van der Waals surface area contributed by atoms with Crippen LogP contribution < -0.4 is 0 Å². The van der Waals surface area contributed by atoms with Crippen LogP contribution in [-0.2, 0) is 11.3 Å². The van der Waals surface area contributed by atoms with Crippen molar-refractivity contribution >= 4 is 6.09 Å². The number of nitrogens with one attached hydrogen (secondary N) is 1. The van der Waals surface area contributed by atoms with Crippen molar-refractivity contribution in [2.45, 2.75) is 51.7 Å². The zero-order chi connectivity index (χ0) is 15.7. The summed E-state index contributed by atoms with van der Waals surface area (Å²) in [5.41, 5.74) is -0.437. The van der Waals surface area contributed by atoms with Gasteiger partial charge in [-0.2, -0.15) is 5.10 Å². The maximum atomic E-state index is 12.0. The van der Waals surface area contributed by atoms with E-state index >= 15 is 0 Å². The van der Waals surface area contributed by atoms with E-state index in [0.717, 1.165) is 31.3 Å². The Bertz CT molecular complexity index is 524. The number of nitrogens with zero attached hydrogens (tertiary/aromatic N) is 4. The second-order valence-electron chi connectivity index (χ2n) is 7.16. The summed E-state index contributed by atoms with van der Waals surface area (Å²) in [4.78, 5) is 20.6. The van der Waals surface area contributed by atoms with Gasteiger partial charge in [0, 0.05) is 32.1 Å². The Kier molecular flexibility index (Phi) is 4.08. The van der Waals surface area contributed by atoms with Crippen LogP contribution in [0.2, 0.25) is 0 Å². The highest BCUT2D eigenvalue weighted by atomic mass is 16.6. The summed E-state index contributed by atoms with van der Waals surface area (Å²) < 4.78 is 5.41. The minimum atomic E-state index is -0.437. The first-order valence-corrected chi connectivity index (χ1v) is 8.02. The Morgan fingerprint density at radius 2 is 1.95 bits per heavy atom. The van der Waals surface area contributed by atoms with E-state index in [1.165, 1.54) is 12.8 Å².